The molecule has 2 rings (SSSR count). The minimum atomic E-state index is -3.84. The fourth-order valence-electron chi connectivity index (χ4n) is 3.11. The summed E-state index contributed by atoms with van der Waals surface area (Å²) in [6.07, 6.45) is 1.70. The van der Waals surface area contributed by atoms with Crippen molar-refractivity contribution in [3.8, 4) is 0 Å². The maximum atomic E-state index is 14.4. The number of hydrogen-bond donors (Lipinski definition) is 1. The molecule has 0 spiro atoms. The van der Waals surface area contributed by atoms with Gasteiger partial charge in [-0.2, -0.15) is 0 Å². The van der Waals surface area contributed by atoms with E-state index in [9.17, 15) is 22.4 Å². The molecule has 10 heteroatoms. The Hall–Kier alpha value is -2.46. The van der Waals surface area contributed by atoms with Crippen molar-refractivity contribution in [3.05, 3.63) is 64.4 Å². The van der Waals surface area contributed by atoms with Crippen LogP contribution in [0.25, 0.3) is 0 Å². The molecule has 0 radical (unpaired) electrons. The molecule has 1 N–H and O–H groups in total. The highest BCUT2D eigenvalue weighted by Gasteiger charge is 2.31. The average molecular weight is 542 g/mol. The van der Waals surface area contributed by atoms with Crippen LogP contribution in [0.3, 0.4) is 0 Å². The van der Waals surface area contributed by atoms with Gasteiger partial charge in [-0.1, -0.05) is 37.3 Å². The summed E-state index contributed by atoms with van der Waals surface area (Å²) in [6, 6.07) is 11.5. The first-order valence-electron chi connectivity index (χ1n) is 10.5. The van der Waals surface area contributed by atoms with E-state index in [2.05, 4.69) is 21.2 Å². The lowest BCUT2D eigenvalue weighted by Crippen LogP contribution is -2.52. The first kappa shape index (κ1) is 26.8. The predicted molar refractivity (Wildman–Crippen MR) is 131 cm³/mol. The van der Waals surface area contributed by atoms with Gasteiger partial charge in [0.05, 0.1) is 11.9 Å². The monoisotopic (exact) mass is 541 g/mol. The topological polar surface area (TPSA) is 86.8 Å². The Balaban J connectivity index is 2.41. The Morgan fingerprint density at radius 3 is 2.27 bits per heavy atom. The molecule has 0 aliphatic carbocycles. The van der Waals surface area contributed by atoms with Gasteiger partial charge in [-0.15, -0.1) is 0 Å². The smallest absolute Gasteiger partial charge is 0.244 e. The molecule has 7 nitrogen and oxygen atoms in total. The first-order chi connectivity index (χ1) is 15.5. The Labute approximate surface area is 203 Å². The number of nitrogens with zero attached hydrogens (tertiary/aromatic N) is 2. The second-order valence-electron chi connectivity index (χ2n) is 7.83. The van der Waals surface area contributed by atoms with Gasteiger partial charge >= 0.3 is 0 Å². The Kier molecular flexibility index (Phi) is 9.42. The van der Waals surface area contributed by atoms with Crippen LogP contribution in [-0.4, -0.2) is 50.0 Å². The van der Waals surface area contributed by atoms with Gasteiger partial charge in [-0.25, -0.2) is 12.8 Å². The van der Waals surface area contributed by atoms with Gasteiger partial charge in [0.15, 0.2) is 0 Å². The van der Waals surface area contributed by atoms with Gasteiger partial charge in [-0.05, 0) is 54.4 Å². The number of anilines is 1. The lowest BCUT2D eigenvalue weighted by atomic mass is 10.1. The van der Waals surface area contributed by atoms with Crippen molar-refractivity contribution in [1.29, 1.82) is 0 Å². The highest BCUT2D eigenvalue weighted by atomic mass is 79.9. The largest absolute Gasteiger partial charge is 0.352 e. The second kappa shape index (κ2) is 11.6. The predicted octanol–water partition coefficient (Wildman–Crippen LogP) is 3.69. The molecule has 0 bridgehead atoms. The van der Waals surface area contributed by atoms with E-state index in [0.717, 1.165) is 10.6 Å². The molecule has 2 atom stereocenters. The number of halogens is 2. The Bertz CT molecular complexity index is 1100. The van der Waals surface area contributed by atoms with Crippen LogP contribution in [0.2, 0.25) is 0 Å². The van der Waals surface area contributed by atoms with E-state index >= 15 is 0 Å². The molecule has 0 aliphatic rings. The van der Waals surface area contributed by atoms with Gasteiger partial charge in [0, 0.05) is 22.6 Å². The zero-order chi connectivity index (χ0) is 24.8. The highest BCUT2D eigenvalue weighted by Crippen LogP contribution is 2.28. The van der Waals surface area contributed by atoms with Crippen LogP contribution in [0.5, 0.6) is 0 Å². The van der Waals surface area contributed by atoms with Crippen LogP contribution in [-0.2, 0) is 26.2 Å². The van der Waals surface area contributed by atoms with Crippen LogP contribution >= 0.6 is 15.9 Å². The van der Waals surface area contributed by atoms with Crippen LogP contribution < -0.4 is 9.62 Å². The van der Waals surface area contributed by atoms with Crippen LogP contribution in [0.15, 0.2) is 53.0 Å². The molecule has 0 heterocycles. The molecular formula is C23H29BrFN3O4S. The number of sulfonamides is 1. The summed E-state index contributed by atoms with van der Waals surface area (Å²) in [5, 5.41) is 2.82. The molecule has 0 fully saturated rings. The number of amides is 2. The molecule has 2 amide bonds. The third kappa shape index (κ3) is 7.26. The van der Waals surface area contributed by atoms with Gasteiger partial charge in [-0.3, -0.25) is 13.9 Å². The first-order valence-corrected chi connectivity index (χ1v) is 13.1. The minimum Gasteiger partial charge on any atom is -0.352 e. The summed E-state index contributed by atoms with van der Waals surface area (Å²) < 4.78 is 40.9. The summed E-state index contributed by atoms with van der Waals surface area (Å²) in [5.41, 5.74) is 0.511. The normalized spacial score (nSPS) is 13.2. The third-order valence-electron chi connectivity index (χ3n) is 5.27. The highest BCUT2D eigenvalue weighted by molar-refractivity contribution is 9.10. The van der Waals surface area contributed by atoms with Crippen molar-refractivity contribution in [2.45, 2.75) is 45.8 Å². The number of carbonyl (C=O) groups excluding carboxylic acids is 2. The van der Waals surface area contributed by atoms with Crippen molar-refractivity contribution in [1.82, 2.24) is 10.2 Å². The lowest BCUT2D eigenvalue weighted by molar-refractivity contribution is -0.139. The number of hydrogen-bond acceptors (Lipinski definition) is 4. The molecular weight excluding hydrogens is 513 g/mol. The molecule has 0 aliphatic heterocycles. The van der Waals surface area contributed by atoms with Gasteiger partial charge < -0.3 is 10.2 Å². The van der Waals surface area contributed by atoms with E-state index in [-0.39, 0.29) is 23.8 Å². The summed E-state index contributed by atoms with van der Waals surface area (Å²) in [6.45, 7) is 4.57. The number of para-hydroxylation sites is 1. The van der Waals surface area contributed by atoms with E-state index in [1.165, 1.54) is 23.1 Å². The van der Waals surface area contributed by atoms with Crippen molar-refractivity contribution in [3.63, 3.8) is 0 Å². The third-order valence-corrected chi connectivity index (χ3v) is 7.06. The summed E-state index contributed by atoms with van der Waals surface area (Å²) in [7, 11) is -3.84. The van der Waals surface area contributed by atoms with Crippen LogP contribution in [0.1, 0.15) is 32.8 Å². The van der Waals surface area contributed by atoms with Crippen molar-refractivity contribution in [2.24, 2.45) is 0 Å². The molecule has 0 saturated heterocycles. The van der Waals surface area contributed by atoms with Crippen molar-refractivity contribution in [2.75, 3.05) is 17.1 Å². The lowest BCUT2D eigenvalue weighted by Gasteiger charge is -2.32. The Morgan fingerprint density at radius 2 is 1.70 bits per heavy atom. The molecule has 33 heavy (non-hydrogen) atoms. The summed E-state index contributed by atoms with van der Waals surface area (Å²) in [4.78, 5) is 27.4. The number of benzene rings is 2. The van der Waals surface area contributed by atoms with Crippen molar-refractivity contribution >= 4 is 43.5 Å². The van der Waals surface area contributed by atoms with E-state index < -0.39 is 40.2 Å². The maximum absolute atomic E-state index is 14.4. The quantitative estimate of drug-likeness (QED) is 0.497. The molecule has 2 aromatic rings. The molecule has 0 unspecified atom stereocenters. The second-order valence-corrected chi connectivity index (χ2v) is 10.6. The van der Waals surface area contributed by atoms with Crippen LogP contribution in [0, 0.1) is 5.82 Å². The Morgan fingerprint density at radius 1 is 1.09 bits per heavy atom. The average Bonchev–Trinajstić information content (AvgIpc) is 2.76. The van der Waals surface area contributed by atoms with Crippen molar-refractivity contribution < 1.29 is 22.4 Å². The van der Waals surface area contributed by atoms with Gasteiger partial charge in [0.2, 0.25) is 21.8 Å². The fraction of sp³-hybridized carbons (Fsp3) is 0.391. The molecule has 180 valence electrons. The van der Waals surface area contributed by atoms with Crippen LogP contribution in [0.4, 0.5) is 10.1 Å². The molecule has 0 aromatic heterocycles. The van der Waals surface area contributed by atoms with E-state index in [1.54, 1.807) is 37.3 Å². The number of carbonyl (C=O) groups is 2. The standard InChI is InChI=1S/C23H29BrFN3O4S/c1-5-16(2)26-23(30)17(3)27(14-18-10-6-8-12-20(18)25)22(29)15-28(33(4,31)32)21-13-9-7-11-19(21)24/h6-13,16-17H,5,14-15H2,1-4H3,(H,26,30)/t16-,17+/m0/s1. The zero-order valence-corrected chi connectivity index (χ0v) is 21.5. The number of nitrogens with one attached hydrogen (secondary N) is 1. The van der Waals surface area contributed by atoms with E-state index in [4.69, 9.17) is 0 Å². The molecule has 0 saturated carbocycles. The number of rotatable bonds is 10. The maximum Gasteiger partial charge on any atom is 0.244 e. The summed E-state index contributed by atoms with van der Waals surface area (Å²) in [5.74, 6) is -1.55. The SMILES string of the molecule is CC[C@H](C)NC(=O)[C@@H](C)N(Cc1ccccc1F)C(=O)CN(c1ccccc1Br)S(C)(=O)=O. The molecule has 2 aromatic carbocycles. The minimum absolute atomic E-state index is 0.113. The fourth-order valence-corrected chi connectivity index (χ4v) is 4.58. The summed E-state index contributed by atoms with van der Waals surface area (Å²) >= 11 is 3.32. The van der Waals surface area contributed by atoms with E-state index in [0.29, 0.717) is 10.9 Å². The van der Waals surface area contributed by atoms with Gasteiger partial charge in [0.1, 0.15) is 18.4 Å². The van der Waals surface area contributed by atoms with E-state index in [1.807, 2.05) is 13.8 Å². The zero-order valence-electron chi connectivity index (χ0n) is 19.1. The van der Waals surface area contributed by atoms with Gasteiger partial charge in [0.25, 0.3) is 0 Å².